The number of nitrogen functional groups attached to an aromatic ring is 1. The van der Waals surface area contributed by atoms with Crippen molar-refractivity contribution in [3.63, 3.8) is 0 Å². The highest BCUT2D eigenvalue weighted by Gasteiger charge is 2.42. The number of methoxy groups -OCH3 is 2. The third-order valence-electron chi connectivity index (χ3n) is 6.85. The van der Waals surface area contributed by atoms with E-state index in [0.717, 1.165) is 31.4 Å². The van der Waals surface area contributed by atoms with Crippen LogP contribution in [0.4, 0.5) is 29.2 Å². The third-order valence-corrected chi connectivity index (χ3v) is 7.44. The van der Waals surface area contributed by atoms with Gasteiger partial charge in [0.2, 0.25) is 11.9 Å². The Bertz CT molecular complexity index is 1200. The predicted octanol–water partition coefficient (Wildman–Crippen LogP) is 6.37. The number of quaternary nitrogens is 1. The van der Waals surface area contributed by atoms with E-state index in [2.05, 4.69) is 29.3 Å². The average molecular weight is 518 g/mol. The maximum atomic E-state index is 6.55. The van der Waals surface area contributed by atoms with Gasteiger partial charge >= 0.3 is 5.95 Å². The summed E-state index contributed by atoms with van der Waals surface area (Å²) in [6.07, 6.45) is 4.34. The largest absolute Gasteiger partial charge is 0.495 e. The Hall–Kier alpha value is -2.81. The standard InChI is InChI=1S/C25H31Cl2N6O2/c1-15-5-8-17(9-6-15)33(2,18-10-12-22(35-4)20(27)14-18)25-31-23(28)30-24(32-25)29-16-7-11-21(34-3)19(26)13-16/h7,10-15,17H,5-6,8-9H2,1-4H3,(H3,28,29,30,31,32)/q+1. The number of halogens is 2. The Kier molecular flexibility index (Phi) is 7.54. The summed E-state index contributed by atoms with van der Waals surface area (Å²) in [6, 6.07) is 11.4. The number of benzene rings is 2. The fourth-order valence-electron chi connectivity index (χ4n) is 4.71. The molecular formula is C25H31Cl2N6O2+. The lowest BCUT2D eigenvalue weighted by Crippen LogP contribution is -2.51. The minimum atomic E-state index is 0.130. The lowest BCUT2D eigenvalue weighted by molar-refractivity contribution is 0.219. The Morgan fingerprint density at radius 1 is 0.914 bits per heavy atom. The highest BCUT2D eigenvalue weighted by molar-refractivity contribution is 6.32. The molecule has 8 nitrogen and oxygen atoms in total. The Morgan fingerprint density at radius 2 is 1.54 bits per heavy atom. The second kappa shape index (κ2) is 10.4. The van der Waals surface area contributed by atoms with E-state index in [4.69, 9.17) is 43.4 Å². The molecule has 3 N–H and O–H groups in total. The van der Waals surface area contributed by atoms with E-state index in [1.165, 1.54) is 0 Å². The van der Waals surface area contributed by atoms with Crippen LogP contribution in [0.1, 0.15) is 32.6 Å². The normalized spacial score (nSPS) is 19.6. The van der Waals surface area contributed by atoms with Crippen molar-refractivity contribution in [1.29, 1.82) is 0 Å². The summed E-state index contributed by atoms with van der Waals surface area (Å²) in [5, 5.41) is 4.21. The molecule has 0 saturated heterocycles. The zero-order chi connectivity index (χ0) is 25.2. The first-order valence-corrected chi connectivity index (χ1v) is 12.3. The molecule has 1 fully saturated rings. The number of nitrogens with one attached hydrogen (secondary N) is 1. The van der Waals surface area contributed by atoms with Crippen LogP contribution in [0.5, 0.6) is 11.5 Å². The van der Waals surface area contributed by atoms with Crippen LogP contribution >= 0.6 is 23.2 Å². The highest BCUT2D eigenvalue weighted by atomic mass is 35.5. The maximum absolute atomic E-state index is 6.55. The molecular weight excluding hydrogens is 487 g/mol. The van der Waals surface area contributed by atoms with Crippen molar-refractivity contribution in [1.82, 2.24) is 19.4 Å². The fraction of sp³-hybridized carbons (Fsp3) is 0.400. The zero-order valence-corrected chi connectivity index (χ0v) is 21.9. The highest BCUT2D eigenvalue weighted by Crippen LogP contribution is 2.42. The molecule has 3 aromatic rings. The molecule has 0 bridgehead atoms. The van der Waals surface area contributed by atoms with Crippen LogP contribution < -0.4 is 25.0 Å². The second-order valence-electron chi connectivity index (χ2n) is 9.10. The number of rotatable bonds is 7. The molecule has 1 unspecified atom stereocenters. The van der Waals surface area contributed by atoms with Gasteiger partial charge in [-0.15, -0.1) is 9.97 Å². The van der Waals surface area contributed by atoms with E-state index < -0.39 is 0 Å². The SMILES string of the molecule is COc1ccc(Nc2nc(N)nc([N+](C)(c3ccc(OC)c(Cl)c3)C3CCC(C)CC3)n2)cc1Cl. The van der Waals surface area contributed by atoms with Gasteiger partial charge in [0.25, 0.3) is 0 Å². The number of ether oxygens (including phenoxy) is 2. The van der Waals surface area contributed by atoms with Gasteiger partial charge in [-0.25, -0.2) is 4.48 Å². The third kappa shape index (κ3) is 5.24. The smallest absolute Gasteiger partial charge is 0.340 e. The van der Waals surface area contributed by atoms with Gasteiger partial charge in [-0.1, -0.05) is 30.1 Å². The topological polar surface area (TPSA) is 95.2 Å². The average Bonchev–Trinajstić information content (AvgIpc) is 2.83. The van der Waals surface area contributed by atoms with Crippen LogP contribution in [0.25, 0.3) is 0 Å². The van der Waals surface area contributed by atoms with Crippen molar-refractivity contribution in [3.05, 3.63) is 46.4 Å². The Labute approximate surface area is 216 Å². The number of nitrogens with zero attached hydrogens (tertiary/aromatic N) is 4. The molecule has 1 heterocycles. The summed E-state index contributed by atoms with van der Waals surface area (Å²) in [5.41, 5.74) is 7.85. The maximum Gasteiger partial charge on any atom is 0.340 e. The minimum absolute atomic E-state index is 0.130. The van der Waals surface area contributed by atoms with Crippen LogP contribution in [0, 0.1) is 5.92 Å². The van der Waals surface area contributed by atoms with E-state index >= 15 is 0 Å². The van der Waals surface area contributed by atoms with Gasteiger partial charge in [0, 0.05) is 30.7 Å². The van der Waals surface area contributed by atoms with Gasteiger partial charge in [0.15, 0.2) is 0 Å². The summed E-state index contributed by atoms with van der Waals surface area (Å²) >= 11 is 12.8. The molecule has 0 amide bonds. The van der Waals surface area contributed by atoms with E-state index in [1.54, 1.807) is 26.4 Å². The zero-order valence-electron chi connectivity index (χ0n) is 20.4. The Balaban J connectivity index is 1.78. The van der Waals surface area contributed by atoms with Crippen molar-refractivity contribution >= 4 is 52.4 Å². The number of nitrogens with two attached hydrogens (primary N) is 1. The Morgan fingerprint density at radius 3 is 2.14 bits per heavy atom. The fourth-order valence-corrected chi connectivity index (χ4v) is 5.22. The van der Waals surface area contributed by atoms with Gasteiger partial charge in [0.1, 0.15) is 23.2 Å². The lowest BCUT2D eigenvalue weighted by Gasteiger charge is -2.41. The molecule has 1 atom stereocenters. The number of aromatic nitrogens is 3. The van der Waals surface area contributed by atoms with E-state index in [1.807, 2.05) is 24.3 Å². The number of hydrogen-bond acceptors (Lipinski definition) is 7. The summed E-state index contributed by atoms with van der Waals surface area (Å²) in [6.45, 7) is 2.30. The molecule has 1 aliphatic carbocycles. The lowest BCUT2D eigenvalue weighted by atomic mass is 9.85. The van der Waals surface area contributed by atoms with Gasteiger partial charge < -0.3 is 20.5 Å². The molecule has 35 heavy (non-hydrogen) atoms. The van der Waals surface area contributed by atoms with Gasteiger partial charge in [-0.3, -0.25) is 0 Å². The summed E-state index contributed by atoms with van der Waals surface area (Å²) in [4.78, 5) is 13.8. The van der Waals surface area contributed by atoms with Crippen LogP contribution in [-0.2, 0) is 0 Å². The molecule has 0 spiro atoms. The molecule has 4 rings (SSSR count). The minimum Gasteiger partial charge on any atom is -0.495 e. The number of anilines is 3. The first-order chi connectivity index (χ1) is 16.7. The predicted molar refractivity (Wildman–Crippen MR) is 142 cm³/mol. The second-order valence-corrected chi connectivity index (χ2v) is 9.91. The summed E-state index contributed by atoms with van der Waals surface area (Å²) < 4.78 is 11.0. The molecule has 2 aromatic carbocycles. The summed E-state index contributed by atoms with van der Waals surface area (Å²) in [5.74, 6) is 2.90. The first-order valence-electron chi connectivity index (χ1n) is 11.6. The molecule has 1 aliphatic rings. The molecule has 0 aliphatic heterocycles. The van der Waals surface area contributed by atoms with Gasteiger partial charge in [-0.2, -0.15) is 4.98 Å². The van der Waals surface area contributed by atoms with Crippen molar-refractivity contribution in [2.75, 3.05) is 32.3 Å². The van der Waals surface area contributed by atoms with Gasteiger partial charge in [-0.05, 0) is 43.0 Å². The first kappa shape index (κ1) is 25.3. The van der Waals surface area contributed by atoms with Crippen molar-refractivity contribution in [2.24, 2.45) is 5.92 Å². The van der Waals surface area contributed by atoms with Crippen molar-refractivity contribution in [2.45, 2.75) is 38.6 Å². The van der Waals surface area contributed by atoms with Crippen molar-refractivity contribution < 1.29 is 9.47 Å². The van der Waals surface area contributed by atoms with Crippen molar-refractivity contribution in [3.8, 4) is 11.5 Å². The van der Waals surface area contributed by atoms with E-state index in [0.29, 0.717) is 49.5 Å². The molecule has 10 heteroatoms. The monoisotopic (exact) mass is 517 g/mol. The molecule has 186 valence electrons. The van der Waals surface area contributed by atoms with E-state index in [-0.39, 0.29) is 12.0 Å². The van der Waals surface area contributed by atoms with Crippen LogP contribution in [0.15, 0.2) is 36.4 Å². The van der Waals surface area contributed by atoms with Crippen LogP contribution in [-0.4, -0.2) is 42.3 Å². The van der Waals surface area contributed by atoms with E-state index in [9.17, 15) is 0 Å². The van der Waals surface area contributed by atoms with Crippen LogP contribution in [0.2, 0.25) is 10.0 Å². The molecule has 1 saturated carbocycles. The van der Waals surface area contributed by atoms with Crippen LogP contribution in [0.3, 0.4) is 0 Å². The number of hydrogen-bond donors (Lipinski definition) is 2. The summed E-state index contributed by atoms with van der Waals surface area (Å²) in [7, 11) is 5.29. The van der Waals surface area contributed by atoms with Gasteiger partial charge in [0.05, 0.1) is 31.3 Å². The molecule has 0 radical (unpaired) electrons. The molecule has 1 aromatic heterocycles. The quantitative estimate of drug-likeness (QED) is 0.351.